The summed E-state index contributed by atoms with van der Waals surface area (Å²) in [5.74, 6) is -1.11. The van der Waals surface area contributed by atoms with Gasteiger partial charge in [0.25, 0.3) is 0 Å². The summed E-state index contributed by atoms with van der Waals surface area (Å²) in [6.07, 6.45) is 0.0158. The minimum absolute atomic E-state index is 0.0158. The number of halogens is 1. The summed E-state index contributed by atoms with van der Waals surface area (Å²) in [6, 6.07) is 24.2. The molecule has 1 unspecified atom stereocenters. The van der Waals surface area contributed by atoms with Crippen molar-refractivity contribution in [1.29, 1.82) is 0 Å². The molecule has 4 nitrogen and oxygen atoms in total. The fourth-order valence-electron chi connectivity index (χ4n) is 3.35. The number of aromatic nitrogens is 1. The highest BCUT2D eigenvalue weighted by Crippen LogP contribution is 2.39. The van der Waals surface area contributed by atoms with Gasteiger partial charge in [0.15, 0.2) is 5.13 Å². The van der Waals surface area contributed by atoms with Crippen LogP contribution in [0.2, 0.25) is 0 Å². The number of anilines is 1. The zero-order chi connectivity index (χ0) is 21.8. The molecule has 4 rings (SSSR count). The average molecular weight is 433 g/mol. The average Bonchev–Trinajstić information content (AvgIpc) is 3.18. The van der Waals surface area contributed by atoms with Crippen molar-refractivity contribution in [3.8, 4) is 32.8 Å². The fourth-order valence-corrected chi connectivity index (χ4v) is 4.45. The summed E-state index contributed by atoms with van der Waals surface area (Å²) in [5.41, 5.74) is 4.79. The van der Waals surface area contributed by atoms with Crippen molar-refractivity contribution in [3.63, 3.8) is 0 Å². The van der Waals surface area contributed by atoms with E-state index in [4.69, 9.17) is 10.1 Å². The Kier molecular flexibility index (Phi) is 6.09. The quantitative estimate of drug-likeness (QED) is 0.347. The lowest BCUT2D eigenvalue weighted by Gasteiger charge is -2.09. The molecule has 0 radical (unpaired) electrons. The van der Waals surface area contributed by atoms with E-state index in [0.29, 0.717) is 5.13 Å². The van der Waals surface area contributed by atoms with Crippen LogP contribution in [-0.4, -0.2) is 22.1 Å². The predicted octanol–water partition coefficient (Wildman–Crippen LogP) is 6.56. The van der Waals surface area contributed by atoms with Crippen molar-refractivity contribution in [2.24, 2.45) is 0 Å². The van der Waals surface area contributed by atoms with Gasteiger partial charge in [-0.15, -0.1) is 0 Å². The molecule has 2 N–H and O–H groups in total. The van der Waals surface area contributed by atoms with Crippen LogP contribution in [-0.2, 0) is 4.79 Å². The van der Waals surface area contributed by atoms with Crippen LogP contribution in [0.4, 0.5) is 9.52 Å². The summed E-state index contributed by atoms with van der Waals surface area (Å²) >= 11 is 1.51. The van der Waals surface area contributed by atoms with Crippen molar-refractivity contribution >= 4 is 22.4 Å². The third-order valence-electron chi connectivity index (χ3n) is 4.85. The second-order valence-corrected chi connectivity index (χ2v) is 8.29. The molecule has 0 aliphatic carbocycles. The number of rotatable bonds is 7. The van der Waals surface area contributed by atoms with Gasteiger partial charge in [0.2, 0.25) is 0 Å². The van der Waals surface area contributed by atoms with E-state index in [9.17, 15) is 9.18 Å². The Morgan fingerprint density at radius 2 is 1.52 bits per heavy atom. The van der Waals surface area contributed by atoms with Crippen LogP contribution in [0, 0.1) is 5.82 Å². The molecule has 0 bridgehead atoms. The van der Waals surface area contributed by atoms with E-state index in [2.05, 4.69) is 5.32 Å². The standard InChI is InChI=1S/C25H21FN2O2S/c1-16(15-22(29)30)27-25-28-23(24(31-25)20-5-3-2-4-6-20)19-9-7-17(8-10-19)18-11-13-21(26)14-12-18/h2-14,16H,15H2,1H3,(H,27,28)(H,29,30). The van der Waals surface area contributed by atoms with E-state index in [1.807, 2.05) is 61.5 Å². The lowest BCUT2D eigenvalue weighted by molar-refractivity contribution is -0.137. The van der Waals surface area contributed by atoms with Crippen LogP contribution in [0.5, 0.6) is 0 Å². The molecule has 4 aromatic rings. The second-order valence-electron chi connectivity index (χ2n) is 7.29. The Labute approximate surface area is 184 Å². The highest BCUT2D eigenvalue weighted by atomic mass is 32.1. The van der Waals surface area contributed by atoms with E-state index in [1.165, 1.54) is 23.5 Å². The first kappa shape index (κ1) is 20.8. The number of carboxylic acid groups (broad SMARTS) is 1. The SMILES string of the molecule is CC(CC(=O)O)Nc1nc(-c2ccc(-c3ccc(F)cc3)cc2)c(-c2ccccc2)s1. The molecule has 156 valence electrons. The number of aliphatic carboxylic acids is 1. The molecule has 0 spiro atoms. The molecular formula is C25H21FN2O2S. The van der Waals surface area contributed by atoms with Gasteiger partial charge in [-0.2, -0.15) is 0 Å². The number of nitrogens with zero attached hydrogens (tertiary/aromatic N) is 1. The topological polar surface area (TPSA) is 62.2 Å². The van der Waals surface area contributed by atoms with Crippen LogP contribution in [0.25, 0.3) is 32.8 Å². The van der Waals surface area contributed by atoms with Gasteiger partial charge in [0.05, 0.1) is 17.0 Å². The maximum Gasteiger partial charge on any atom is 0.305 e. The second kappa shape index (κ2) is 9.10. The molecule has 1 atom stereocenters. The zero-order valence-electron chi connectivity index (χ0n) is 16.9. The third kappa shape index (κ3) is 4.98. The maximum absolute atomic E-state index is 13.2. The summed E-state index contributed by atoms with van der Waals surface area (Å²) in [4.78, 5) is 16.8. The minimum Gasteiger partial charge on any atom is -0.481 e. The molecule has 0 amide bonds. The molecule has 31 heavy (non-hydrogen) atoms. The molecular weight excluding hydrogens is 411 g/mol. The minimum atomic E-state index is -0.851. The number of nitrogens with one attached hydrogen (secondary N) is 1. The Balaban J connectivity index is 1.69. The van der Waals surface area contributed by atoms with Gasteiger partial charge in [-0.1, -0.05) is 78.1 Å². The number of hydrogen-bond donors (Lipinski definition) is 2. The Morgan fingerprint density at radius 1 is 0.935 bits per heavy atom. The van der Waals surface area contributed by atoms with Crippen molar-refractivity contribution in [3.05, 3.63) is 84.7 Å². The Morgan fingerprint density at radius 3 is 2.13 bits per heavy atom. The largest absolute Gasteiger partial charge is 0.481 e. The van der Waals surface area contributed by atoms with E-state index < -0.39 is 5.97 Å². The Hall–Kier alpha value is -3.51. The van der Waals surface area contributed by atoms with Gasteiger partial charge in [-0.05, 0) is 35.7 Å². The smallest absolute Gasteiger partial charge is 0.305 e. The first-order valence-electron chi connectivity index (χ1n) is 9.90. The third-order valence-corrected chi connectivity index (χ3v) is 5.89. The van der Waals surface area contributed by atoms with Gasteiger partial charge >= 0.3 is 5.97 Å². The highest BCUT2D eigenvalue weighted by molar-refractivity contribution is 7.19. The summed E-state index contributed by atoms with van der Waals surface area (Å²) < 4.78 is 13.2. The number of carboxylic acids is 1. The number of carbonyl (C=O) groups is 1. The van der Waals surface area contributed by atoms with E-state index in [0.717, 1.165) is 32.8 Å². The normalized spacial score (nSPS) is 11.8. The van der Waals surface area contributed by atoms with Crippen LogP contribution in [0.15, 0.2) is 78.9 Å². The molecule has 6 heteroatoms. The summed E-state index contributed by atoms with van der Waals surface area (Å²) in [6.45, 7) is 1.83. The van der Waals surface area contributed by atoms with E-state index in [1.54, 1.807) is 12.1 Å². The van der Waals surface area contributed by atoms with E-state index in [-0.39, 0.29) is 18.3 Å². The highest BCUT2D eigenvalue weighted by Gasteiger charge is 2.17. The lowest BCUT2D eigenvalue weighted by Crippen LogP contribution is -2.19. The zero-order valence-corrected chi connectivity index (χ0v) is 17.7. The fraction of sp³-hybridized carbons (Fsp3) is 0.120. The molecule has 0 aliphatic rings. The van der Waals surface area contributed by atoms with Gasteiger partial charge in [-0.25, -0.2) is 9.37 Å². The molecule has 1 aromatic heterocycles. The van der Waals surface area contributed by atoms with Crippen LogP contribution in [0.1, 0.15) is 13.3 Å². The molecule has 0 fully saturated rings. The van der Waals surface area contributed by atoms with Crippen molar-refractivity contribution < 1.29 is 14.3 Å². The van der Waals surface area contributed by atoms with Crippen molar-refractivity contribution in [1.82, 2.24) is 4.98 Å². The first-order valence-corrected chi connectivity index (χ1v) is 10.7. The summed E-state index contributed by atoms with van der Waals surface area (Å²) in [5, 5.41) is 12.9. The van der Waals surface area contributed by atoms with Gasteiger partial charge < -0.3 is 10.4 Å². The molecule has 0 aliphatic heterocycles. The van der Waals surface area contributed by atoms with Gasteiger partial charge in [0.1, 0.15) is 5.82 Å². The van der Waals surface area contributed by atoms with Gasteiger partial charge in [0, 0.05) is 11.6 Å². The molecule has 0 saturated carbocycles. The van der Waals surface area contributed by atoms with Crippen molar-refractivity contribution in [2.75, 3.05) is 5.32 Å². The lowest BCUT2D eigenvalue weighted by atomic mass is 10.0. The predicted molar refractivity (Wildman–Crippen MR) is 124 cm³/mol. The Bertz CT molecular complexity index is 1170. The molecule has 0 saturated heterocycles. The van der Waals surface area contributed by atoms with Crippen LogP contribution >= 0.6 is 11.3 Å². The number of benzene rings is 3. The van der Waals surface area contributed by atoms with Gasteiger partial charge in [-0.3, -0.25) is 4.79 Å². The summed E-state index contributed by atoms with van der Waals surface area (Å²) in [7, 11) is 0. The van der Waals surface area contributed by atoms with Crippen LogP contribution in [0.3, 0.4) is 0 Å². The first-order chi connectivity index (χ1) is 15.0. The number of thiazole rings is 1. The maximum atomic E-state index is 13.2. The van der Waals surface area contributed by atoms with Crippen LogP contribution < -0.4 is 5.32 Å². The molecule has 1 heterocycles. The molecule has 3 aromatic carbocycles. The van der Waals surface area contributed by atoms with Crippen molar-refractivity contribution in [2.45, 2.75) is 19.4 Å². The monoisotopic (exact) mass is 432 g/mol. The number of hydrogen-bond acceptors (Lipinski definition) is 4. The van der Waals surface area contributed by atoms with E-state index >= 15 is 0 Å².